The summed E-state index contributed by atoms with van der Waals surface area (Å²) in [5.74, 6) is -0.719. The number of carbonyl (C=O) groups excluding carboxylic acids is 4. The van der Waals surface area contributed by atoms with Crippen molar-refractivity contribution < 1.29 is 23.9 Å². The molecule has 2 aromatic carbocycles. The Kier molecular flexibility index (Phi) is 11.9. The van der Waals surface area contributed by atoms with Crippen LogP contribution in [0.1, 0.15) is 43.5 Å². The van der Waals surface area contributed by atoms with Crippen molar-refractivity contribution in [3.8, 4) is 0 Å². The maximum absolute atomic E-state index is 13.5. The molecule has 0 aliphatic carbocycles. The Balaban J connectivity index is 1.75. The normalized spacial score (nSPS) is 13.1. The molecule has 0 spiro atoms. The molecule has 0 bridgehead atoms. The Morgan fingerprint density at radius 1 is 0.875 bits per heavy atom. The molecule has 0 aliphatic heterocycles. The molecule has 3 amide bonds. The van der Waals surface area contributed by atoms with Crippen molar-refractivity contribution in [2.75, 3.05) is 0 Å². The molecule has 10 heteroatoms. The molecule has 0 unspecified atom stereocenters. The minimum Gasteiger partial charge on any atom is -0.445 e. The van der Waals surface area contributed by atoms with Gasteiger partial charge in [0.15, 0.2) is 0 Å². The van der Waals surface area contributed by atoms with E-state index in [1.807, 2.05) is 74.5 Å². The number of H-pyrrole nitrogens is 1. The van der Waals surface area contributed by atoms with Gasteiger partial charge in [0.1, 0.15) is 25.0 Å². The van der Waals surface area contributed by atoms with E-state index in [1.165, 1.54) is 6.33 Å². The van der Waals surface area contributed by atoms with Crippen molar-refractivity contribution >= 4 is 24.2 Å². The van der Waals surface area contributed by atoms with Gasteiger partial charge in [0, 0.05) is 37.2 Å². The smallest absolute Gasteiger partial charge is 0.408 e. The number of amides is 3. The number of nitrogens with one attached hydrogen (secondary N) is 4. The molecule has 3 atom stereocenters. The van der Waals surface area contributed by atoms with Crippen LogP contribution in [-0.2, 0) is 38.6 Å². The van der Waals surface area contributed by atoms with Crippen LogP contribution in [0.2, 0.25) is 0 Å². The summed E-state index contributed by atoms with van der Waals surface area (Å²) in [7, 11) is 0. The van der Waals surface area contributed by atoms with E-state index >= 15 is 0 Å². The zero-order chi connectivity index (χ0) is 28.7. The van der Waals surface area contributed by atoms with Gasteiger partial charge in [-0.2, -0.15) is 0 Å². The molecular weight excluding hydrogens is 510 g/mol. The summed E-state index contributed by atoms with van der Waals surface area (Å²) in [5.41, 5.74) is 2.28. The van der Waals surface area contributed by atoms with Crippen LogP contribution in [0.25, 0.3) is 0 Å². The van der Waals surface area contributed by atoms with Crippen LogP contribution in [-0.4, -0.2) is 52.3 Å². The second-order valence-electron chi connectivity index (χ2n) is 10.0. The predicted octanol–water partition coefficient (Wildman–Crippen LogP) is 3.09. The molecule has 40 heavy (non-hydrogen) atoms. The number of aldehydes is 1. The van der Waals surface area contributed by atoms with Gasteiger partial charge in [-0.05, 0) is 23.5 Å². The molecule has 3 aromatic rings. The van der Waals surface area contributed by atoms with Crippen molar-refractivity contribution in [1.29, 1.82) is 0 Å². The topological polar surface area (TPSA) is 142 Å². The van der Waals surface area contributed by atoms with Crippen molar-refractivity contribution in [2.24, 2.45) is 5.92 Å². The maximum Gasteiger partial charge on any atom is 0.408 e. The number of nitrogens with zero attached hydrogens (tertiary/aromatic N) is 1. The van der Waals surface area contributed by atoms with Crippen molar-refractivity contribution in [3.05, 3.63) is 90.0 Å². The molecule has 1 heterocycles. The number of aromatic amines is 1. The number of ether oxygens (including phenoxy) is 1. The molecular formula is C30H37N5O5. The number of alkyl carbamates (subject to hydrolysis) is 1. The minimum absolute atomic E-state index is 0.0468. The fourth-order valence-electron chi connectivity index (χ4n) is 4.26. The molecule has 0 saturated heterocycles. The first-order valence-corrected chi connectivity index (χ1v) is 13.4. The monoisotopic (exact) mass is 547 g/mol. The van der Waals surface area contributed by atoms with Crippen LogP contribution in [0.15, 0.2) is 73.2 Å². The molecule has 1 aromatic heterocycles. The largest absolute Gasteiger partial charge is 0.445 e. The van der Waals surface area contributed by atoms with E-state index in [4.69, 9.17) is 4.74 Å². The molecule has 10 nitrogen and oxygen atoms in total. The number of imidazole rings is 1. The third-order valence-electron chi connectivity index (χ3n) is 6.20. The average Bonchev–Trinajstić information content (AvgIpc) is 3.45. The summed E-state index contributed by atoms with van der Waals surface area (Å²) in [6.45, 7) is 4.06. The minimum atomic E-state index is -1.01. The van der Waals surface area contributed by atoms with Gasteiger partial charge in [-0.3, -0.25) is 9.59 Å². The lowest BCUT2D eigenvalue weighted by Gasteiger charge is -2.25. The summed E-state index contributed by atoms with van der Waals surface area (Å²) in [6.07, 6.45) is 4.19. The van der Waals surface area contributed by atoms with Gasteiger partial charge in [-0.25, -0.2) is 9.78 Å². The highest BCUT2D eigenvalue weighted by Gasteiger charge is 2.29. The number of hydrogen-bond donors (Lipinski definition) is 4. The zero-order valence-electron chi connectivity index (χ0n) is 22.8. The van der Waals surface area contributed by atoms with Crippen LogP contribution in [0, 0.1) is 5.92 Å². The van der Waals surface area contributed by atoms with Gasteiger partial charge in [-0.1, -0.05) is 74.5 Å². The molecule has 212 valence electrons. The standard InChI is InChI=1S/C30H37N5O5/c1-21(2)15-24(13-14-36)33-28(37)27(17-25-18-31-20-32-25)34-29(38)26(16-22-9-5-3-6-10-22)35-30(39)40-19-23-11-7-4-8-12-23/h3-12,14,18,20-21,24,26-27H,13,15-17,19H2,1-2H3,(H,31,32)(H,33,37)(H,34,38)(H,35,39)/t24-,26+,27+/m1/s1. The van der Waals surface area contributed by atoms with Gasteiger partial charge in [0.05, 0.1) is 6.33 Å². The number of rotatable bonds is 15. The summed E-state index contributed by atoms with van der Waals surface area (Å²) in [4.78, 5) is 57.7. The van der Waals surface area contributed by atoms with E-state index < -0.39 is 30.0 Å². The number of aromatic nitrogens is 2. The third kappa shape index (κ3) is 10.4. The van der Waals surface area contributed by atoms with Crippen LogP contribution in [0.3, 0.4) is 0 Å². The zero-order valence-corrected chi connectivity index (χ0v) is 22.8. The highest BCUT2D eigenvalue weighted by molar-refractivity contribution is 5.91. The van der Waals surface area contributed by atoms with E-state index in [1.54, 1.807) is 6.20 Å². The lowest BCUT2D eigenvalue weighted by atomic mass is 10.0. The van der Waals surface area contributed by atoms with Crippen molar-refractivity contribution in [3.63, 3.8) is 0 Å². The van der Waals surface area contributed by atoms with Gasteiger partial charge in [-0.15, -0.1) is 0 Å². The van der Waals surface area contributed by atoms with Gasteiger partial charge >= 0.3 is 6.09 Å². The van der Waals surface area contributed by atoms with E-state index in [2.05, 4.69) is 25.9 Å². The first-order valence-electron chi connectivity index (χ1n) is 13.4. The Bertz CT molecular complexity index is 1200. The summed E-state index contributed by atoms with van der Waals surface area (Å²) < 4.78 is 5.34. The Labute approximate surface area is 234 Å². The second-order valence-corrected chi connectivity index (χ2v) is 10.0. The lowest BCUT2D eigenvalue weighted by molar-refractivity contribution is -0.130. The van der Waals surface area contributed by atoms with Crippen LogP contribution >= 0.6 is 0 Å². The molecule has 4 N–H and O–H groups in total. The molecule has 0 saturated carbocycles. The van der Waals surface area contributed by atoms with Crippen LogP contribution in [0.5, 0.6) is 0 Å². The third-order valence-corrected chi connectivity index (χ3v) is 6.20. The van der Waals surface area contributed by atoms with Gasteiger partial charge in [0.25, 0.3) is 0 Å². The fraction of sp³-hybridized carbons (Fsp3) is 0.367. The number of hydrogen-bond acceptors (Lipinski definition) is 6. The van der Waals surface area contributed by atoms with Crippen molar-refractivity contribution in [2.45, 2.75) is 64.3 Å². The molecule has 0 radical (unpaired) electrons. The Morgan fingerprint density at radius 3 is 2.10 bits per heavy atom. The highest BCUT2D eigenvalue weighted by Crippen LogP contribution is 2.10. The number of carbonyl (C=O) groups is 4. The highest BCUT2D eigenvalue weighted by atomic mass is 16.5. The molecule has 3 rings (SSSR count). The van der Waals surface area contributed by atoms with Gasteiger partial charge < -0.3 is 30.5 Å². The SMILES string of the molecule is CC(C)C[C@@H](CC=O)NC(=O)[C@H](Cc1cnc[nH]1)NC(=O)[C@H](Cc1ccccc1)NC(=O)OCc1ccccc1. The first kappa shape index (κ1) is 30.1. The fourth-order valence-corrected chi connectivity index (χ4v) is 4.26. The van der Waals surface area contributed by atoms with Crippen molar-refractivity contribution in [1.82, 2.24) is 25.9 Å². The van der Waals surface area contributed by atoms with Gasteiger partial charge in [0.2, 0.25) is 11.8 Å². The number of benzene rings is 2. The van der Waals surface area contributed by atoms with E-state index in [9.17, 15) is 19.2 Å². The first-order chi connectivity index (χ1) is 19.3. The Morgan fingerprint density at radius 2 is 1.50 bits per heavy atom. The average molecular weight is 548 g/mol. The van der Waals surface area contributed by atoms with E-state index in [0.29, 0.717) is 12.1 Å². The lowest BCUT2D eigenvalue weighted by Crippen LogP contribution is -2.56. The van der Waals surface area contributed by atoms with E-state index in [-0.39, 0.29) is 37.8 Å². The molecule has 0 aliphatic rings. The predicted molar refractivity (Wildman–Crippen MR) is 150 cm³/mol. The summed E-state index contributed by atoms with van der Waals surface area (Å²) in [5, 5.41) is 8.36. The summed E-state index contributed by atoms with van der Waals surface area (Å²) in [6, 6.07) is 16.1. The Hall–Kier alpha value is -4.47. The summed E-state index contributed by atoms with van der Waals surface area (Å²) >= 11 is 0. The van der Waals surface area contributed by atoms with E-state index in [0.717, 1.165) is 17.4 Å². The van der Waals surface area contributed by atoms with Crippen LogP contribution < -0.4 is 16.0 Å². The van der Waals surface area contributed by atoms with Crippen LogP contribution in [0.4, 0.5) is 4.79 Å². The quantitative estimate of drug-likeness (QED) is 0.215. The second kappa shape index (κ2) is 15.8. The maximum atomic E-state index is 13.5. The molecule has 0 fully saturated rings.